The van der Waals surface area contributed by atoms with Gasteiger partial charge in [0.2, 0.25) is 6.29 Å². The van der Waals surface area contributed by atoms with Gasteiger partial charge < -0.3 is 68.0 Å². The highest BCUT2D eigenvalue weighted by molar-refractivity contribution is 5.04. The maximum atomic E-state index is 11.0. The minimum atomic E-state index is -1.42. The summed E-state index contributed by atoms with van der Waals surface area (Å²) in [5.74, 6) is 0.524. The van der Waals surface area contributed by atoms with Crippen LogP contribution in [0.3, 0.4) is 0 Å². The molecule has 12 unspecified atom stereocenters. The molecule has 3 rings (SSSR count). The van der Waals surface area contributed by atoms with E-state index in [1.165, 1.54) is 0 Å². The van der Waals surface area contributed by atoms with Crippen molar-refractivity contribution >= 4 is 0 Å². The van der Waals surface area contributed by atoms with E-state index >= 15 is 0 Å². The largest absolute Gasteiger partial charge is 0.467 e. The number of hydrogen-bond donors (Lipinski definition) is 9. The monoisotopic (exact) mass is 449 g/mol. The molecule has 0 bridgehead atoms. The zero-order valence-electron chi connectivity index (χ0n) is 17.1. The van der Waals surface area contributed by atoms with Crippen LogP contribution in [0, 0.1) is 0 Å². The van der Waals surface area contributed by atoms with Crippen molar-refractivity contribution in [1.29, 1.82) is 0 Å². The number of aliphatic hydroxyl groups is 4. The molecule has 3 aliphatic rings. The van der Waals surface area contributed by atoms with Gasteiger partial charge >= 0.3 is 0 Å². The summed E-state index contributed by atoms with van der Waals surface area (Å²) in [5.41, 5.74) is 29.8. The van der Waals surface area contributed by atoms with Gasteiger partial charge in [0.05, 0.1) is 25.2 Å². The molecule has 0 amide bonds. The van der Waals surface area contributed by atoms with Gasteiger partial charge in [0.1, 0.15) is 42.4 Å². The van der Waals surface area contributed by atoms with Crippen molar-refractivity contribution < 1.29 is 39.4 Å². The van der Waals surface area contributed by atoms with Gasteiger partial charge in [0.15, 0.2) is 6.29 Å². The Balaban J connectivity index is 1.70. The smallest absolute Gasteiger partial charge is 0.215 e. The Labute approximate surface area is 180 Å². The normalized spacial score (nSPS) is 48.7. The zero-order valence-corrected chi connectivity index (χ0v) is 17.1. The Morgan fingerprint density at radius 2 is 1.52 bits per heavy atom. The summed E-state index contributed by atoms with van der Waals surface area (Å²) in [6.07, 6.45) is -6.78. The van der Waals surface area contributed by atoms with Crippen LogP contribution < -0.4 is 28.7 Å². The molecule has 180 valence electrons. The van der Waals surface area contributed by atoms with E-state index in [2.05, 4.69) is 0 Å². The second-order valence-corrected chi connectivity index (χ2v) is 8.30. The van der Waals surface area contributed by atoms with Crippen molar-refractivity contribution in [2.45, 2.75) is 86.2 Å². The van der Waals surface area contributed by atoms with Crippen LogP contribution in [0.4, 0.5) is 0 Å². The van der Waals surface area contributed by atoms with E-state index in [-0.39, 0.29) is 13.0 Å². The molecule has 0 spiro atoms. The molecule has 2 aliphatic heterocycles. The van der Waals surface area contributed by atoms with Gasteiger partial charge in [-0.25, -0.2) is 0 Å². The van der Waals surface area contributed by atoms with Crippen molar-refractivity contribution in [2.75, 3.05) is 13.2 Å². The molecule has 1 saturated heterocycles. The molecule has 31 heavy (non-hydrogen) atoms. The lowest BCUT2D eigenvalue weighted by Gasteiger charge is -2.47. The third-order valence-corrected chi connectivity index (χ3v) is 6.02. The Morgan fingerprint density at radius 1 is 0.903 bits per heavy atom. The second-order valence-electron chi connectivity index (χ2n) is 8.30. The van der Waals surface area contributed by atoms with Crippen LogP contribution >= 0.6 is 0 Å². The minimum Gasteiger partial charge on any atom is -0.467 e. The lowest BCUT2D eigenvalue weighted by molar-refractivity contribution is -0.310. The molecule has 0 aromatic heterocycles. The van der Waals surface area contributed by atoms with Crippen LogP contribution in [-0.2, 0) is 18.9 Å². The van der Waals surface area contributed by atoms with Crippen LogP contribution in [0.5, 0.6) is 0 Å². The predicted octanol–water partition coefficient (Wildman–Crippen LogP) is -5.14. The molecule has 2 fully saturated rings. The maximum Gasteiger partial charge on any atom is 0.215 e. The first-order valence-corrected chi connectivity index (χ1v) is 10.4. The van der Waals surface area contributed by atoms with E-state index < -0.39 is 80.0 Å². The van der Waals surface area contributed by atoms with Gasteiger partial charge in [0, 0.05) is 12.1 Å². The summed E-state index contributed by atoms with van der Waals surface area (Å²) in [7, 11) is 0. The standard InChI is InChI=1S/C18H35N5O8/c19-4-6-1-2-7(20)17(28-6)30-15-8(21)3-9(22)16(14(15)27)31-18-13(26)11(23)12(25)10(5-24)29-18/h1,7-18,24-27H,2-5,19-23H2. The van der Waals surface area contributed by atoms with Crippen molar-refractivity contribution in [1.82, 2.24) is 0 Å². The fraction of sp³-hybridized carbons (Fsp3) is 0.889. The van der Waals surface area contributed by atoms with E-state index in [4.69, 9.17) is 47.6 Å². The molecule has 0 aromatic rings. The first-order chi connectivity index (χ1) is 14.7. The fourth-order valence-corrected chi connectivity index (χ4v) is 4.10. The lowest BCUT2D eigenvalue weighted by Crippen LogP contribution is -2.67. The number of rotatable bonds is 6. The van der Waals surface area contributed by atoms with E-state index in [0.717, 1.165) is 0 Å². The first kappa shape index (κ1) is 24.7. The number of nitrogens with two attached hydrogens (primary N) is 5. The van der Waals surface area contributed by atoms with Crippen LogP contribution in [0.15, 0.2) is 11.8 Å². The van der Waals surface area contributed by atoms with Crippen molar-refractivity contribution in [2.24, 2.45) is 28.7 Å². The molecule has 0 aromatic carbocycles. The van der Waals surface area contributed by atoms with Gasteiger partial charge in [-0.15, -0.1) is 0 Å². The van der Waals surface area contributed by atoms with Gasteiger partial charge in [-0.3, -0.25) is 0 Å². The van der Waals surface area contributed by atoms with Gasteiger partial charge in [-0.2, -0.15) is 0 Å². The summed E-state index contributed by atoms with van der Waals surface area (Å²) < 4.78 is 22.8. The average molecular weight is 450 g/mol. The third kappa shape index (κ3) is 5.19. The van der Waals surface area contributed by atoms with Gasteiger partial charge in [-0.1, -0.05) is 0 Å². The summed E-state index contributed by atoms with van der Waals surface area (Å²) in [6.45, 7) is -0.358. The highest BCUT2D eigenvalue weighted by Gasteiger charge is 2.49. The molecular weight excluding hydrogens is 414 g/mol. The van der Waals surface area contributed by atoms with E-state index in [9.17, 15) is 20.4 Å². The molecule has 12 atom stereocenters. The molecular formula is C18H35N5O8. The van der Waals surface area contributed by atoms with Gasteiger partial charge in [0.25, 0.3) is 0 Å². The minimum absolute atomic E-state index is 0.178. The lowest BCUT2D eigenvalue weighted by atomic mass is 9.84. The van der Waals surface area contributed by atoms with Crippen molar-refractivity contribution in [3.05, 3.63) is 11.8 Å². The second kappa shape index (κ2) is 10.3. The van der Waals surface area contributed by atoms with E-state index in [1.807, 2.05) is 0 Å². The summed E-state index contributed by atoms with van der Waals surface area (Å²) in [4.78, 5) is 0. The van der Waals surface area contributed by atoms with Crippen LogP contribution in [0.1, 0.15) is 12.8 Å². The number of hydrogen-bond acceptors (Lipinski definition) is 13. The van der Waals surface area contributed by atoms with Crippen molar-refractivity contribution in [3.63, 3.8) is 0 Å². The molecule has 14 N–H and O–H groups in total. The number of aliphatic hydroxyl groups excluding tert-OH is 4. The highest BCUT2D eigenvalue weighted by Crippen LogP contribution is 2.30. The van der Waals surface area contributed by atoms with Crippen LogP contribution in [0.2, 0.25) is 0 Å². The Morgan fingerprint density at radius 3 is 2.10 bits per heavy atom. The van der Waals surface area contributed by atoms with Gasteiger partial charge in [-0.05, 0) is 18.9 Å². The summed E-state index contributed by atoms with van der Waals surface area (Å²) in [6, 6.07) is -2.97. The quantitative estimate of drug-likeness (QED) is 0.184. The summed E-state index contributed by atoms with van der Waals surface area (Å²) in [5, 5.41) is 40.7. The van der Waals surface area contributed by atoms with Crippen LogP contribution in [-0.4, -0.2) is 107 Å². The van der Waals surface area contributed by atoms with E-state index in [0.29, 0.717) is 12.2 Å². The SMILES string of the molecule is NCC1=CCC(N)C(OC2C(N)CC(N)C(OC3OC(CO)C(O)C(N)C3O)C2O)O1. The Kier molecular flexibility index (Phi) is 8.23. The van der Waals surface area contributed by atoms with Crippen molar-refractivity contribution in [3.8, 4) is 0 Å². The summed E-state index contributed by atoms with van der Waals surface area (Å²) >= 11 is 0. The Hall–Kier alpha value is -0.940. The van der Waals surface area contributed by atoms with Crippen LogP contribution in [0.25, 0.3) is 0 Å². The molecule has 1 saturated carbocycles. The molecule has 0 radical (unpaired) electrons. The molecule has 13 nitrogen and oxygen atoms in total. The van der Waals surface area contributed by atoms with E-state index in [1.54, 1.807) is 6.08 Å². The first-order valence-electron chi connectivity index (χ1n) is 10.4. The fourth-order valence-electron chi connectivity index (χ4n) is 4.10. The number of ether oxygens (including phenoxy) is 4. The maximum absolute atomic E-state index is 11.0. The molecule has 13 heteroatoms. The topological polar surface area (TPSA) is 248 Å². The predicted molar refractivity (Wildman–Crippen MR) is 107 cm³/mol. The highest BCUT2D eigenvalue weighted by atomic mass is 16.7. The zero-order chi connectivity index (χ0) is 22.9. The Bertz CT molecular complexity index is 628. The third-order valence-electron chi connectivity index (χ3n) is 6.02. The average Bonchev–Trinajstić information content (AvgIpc) is 2.75. The molecule has 2 heterocycles. The molecule has 1 aliphatic carbocycles.